The molecule has 1 aliphatic carbocycles. The highest BCUT2D eigenvalue weighted by Gasteiger charge is 2.16. The minimum absolute atomic E-state index is 0.242. The van der Waals surface area contributed by atoms with Crippen LogP contribution in [-0.2, 0) is 4.79 Å². The molecule has 0 fully saturated rings. The molecule has 0 atom stereocenters. The molecular formula is C11H14N2O. The van der Waals surface area contributed by atoms with Crippen LogP contribution in [0.3, 0.4) is 0 Å². The average molecular weight is 190 g/mol. The molecule has 3 heteroatoms. The minimum atomic E-state index is 0.242. The second-order valence-corrected chi connectivity index (χ2v) is 3.80. The molecule has 14 heavy (non-hydrogen) atoms. The number of aryl methyl sites for hydroxylation is 2. The summed E-state index contributed by atoms with van der Waals surface area (Å²) in [6.07, 6.45) is 4.43. The van der Waals surface area contributed by atoms with Crippen molar-refractivity contribution in [1.29, 1.82) is 0 Å². The maximum absolute atomic E-state index is 11.3. The molecule has 2 rings (SSSR count). The second-order valence-electron chi connectivity index (χ2n) is 3.80. The number of aromatic nitrogens is 2. The first-order valence-electron chi connectivity index (χ1n) is 4.94. The zero-order valence-corrected chi connectivity index (χ0v) is 8.55. The molecule has 0 spiro atoms. The Kier molecular flexibility index (Phi) is 2.23. The zero-order chi connectivity index (χ0) is 10.1. The Hall–Kier alpha value is -1.38. The number of carbonyl (C=O) groups excluding carboxylic acids is 1. The lowest BCUT2D eigenvalue weighted by Gasteiger charge is -2.11. The Morgan fingerprint density at radius 2 is 2.14 bits per heavy atom. The number of allylic oxidation sites excluding steroid dienone is 2. The van der Waals surface area contributed by atoms with Crippen molar-refractivity contribution in [2.45, 2.75) is 33.1 Å². The number of nitrogens with one attached hydrogen (secondary N) is 1. The van der Waals surface area contributed by atoms with Gasteiger partial charge in [-0.05, 0) is 38.3 Å². The first-order valence-corrected chi connectivity index (χ1v) is 4.94. The van der Waals surface area contributed by atoms with E-state index in [0.717, 1.165) is 35.4 Å². The van der Waals surface area contributed by atoms with E-state index in [9.17, 15) is 4.79 Å². The summed E-state index contributed by atoms with van der Waals surface area (Å²) in [5.41, 5.74) is 4.33. The fourth-order valence-electron chi connectivity index (χ4n) is 2.01. The van der Waals surface area contributed by atoms with Crippen molar-refractivity contribution in [1.82, 2.24) is 10.2 Å². The molecule has 0 aromatic carbocycles. The number of rotatable bonds is 1. The number of H-pyrrole nitrogens is 1. The molecule has 0 unspecified atom stereocenters. The predicted octanol–water partition coefficient (Wildman–Crippen LogP) is 2.16. The van der Waals surface area contributed by atoms with Gasteiger partial charge in [-0.1, -0.05) is 0 Å². The maximum atomic E-state index is 11.3. The van der Waals surface area contributed by atoms with E-state index >= 15 is 0 Å². The van der Waals surface area contributed by atoms with Crippen LogP contribution in [0, 0.1) is 13.8 Å². The molecule has 0 bridgehead atoms. The van der Waals surface area contributed by atoms with Crippen molar-refractivity contribution in [2.75, 3.05) is 0 Å². The molecule has 0 aliphatic heterocycles. The topological polar surface area (TPSA) is 45.8 Å². The quantitative estimate of drug-likeness (QED) is 0.737. The van der Waals surface area contributed by atoms with Gasteiger partial charge in [0.1, 0.15) is 0 Å². The van der Waals surface area contributed by atoms with Gasteiger partial charge in [-0.15, -0.1) is 0 Å². The lowest BCUT2D eigenvalue weighted by Crippen LogP contribution is -2.03. The lowest BCUT2D eigenvalue weighted by molar-refractivity contribution is -0.114. The summed E-state index contributed by atoms with van der Waals surface area (Å²) >= 11 is 0. The smallest absolute Gasteiger partial charge is 0.155 e. The average Bonchev–Trinajstić information content (AvgIpc) is 2.46. The Morgan fingerprint density at radius 3 is 2.71 bits per heavy atom. The van der Waals surface area contributed by atoms with E-state index in [2.05, 4.69) is 10.2 Å². The summed E-state index contributed by atoms with van der Waals surface area (Å²) < 4.78 is 0. The third kappa shape index (κ3) is 1.50. The third-order valence-electron chi connectivity index (χ3n) is 2.65. The highest BCUT2D eigenvalue weighted by atomic mass is 16.1. The van der Waals surface area contributed by atoms with Crippen LogP contribution in [0.1, 0.15) is 36.2 Å². The molecule has 3 nitrogen and oxygen atoms in total. The van der Waals surface area contributed by atoms with Gasteiger partial charge in [-0.2, -0.15) is 5.10 Å². The molecule has 1 aromatic rings. The van der Waals surface area contributed by atoms with Crippen LogP contribution in [0.15, 0.2) is 6.08 Å². The molecule has 0 saturated carbocycles. The summed E-state index contributed by atoms with van der Waals surface area (Å²) in [5, 5.41) is 7.09. The molecule has 74 valence electrons. The van der Waals surface area contributed by atoms with Gasteiger partial charge in [0, 0.05) is 17.7 Å². The van der Waals surface area contributed by atoms with Crippen LogP contribution in [0.4, 0.5) is 0 Å². The van der Waals surface area contributed by atoms with Crippen LogP contribution in [-0.4, -0.2) is 16.0 Å². The van der Waals surface area contributed by atoms with Gasteiger partial charge in [0.15, 0.2) is 5.78 Å². The normalized spacial score (nSPS) is 17.0. The van der Waals surface area contributed by atoms with Crippen molar-refractivity contribution in [3.8, 4) is 0 Å². The van der Waals surface area contributed by atoms with Crippen LogP contribution < -0.4 is 0 Å². The number of carbonyl (C=O) groups is 1. The minimum Gasteiger partial charge on any atom is -0.295 e. The van der Waals surface area contributed by atoms with Crippen LogP contribution in [0.25, 0.3) is 5.57 Å². The van der Waals surface area contributed by atoms with Crippen molar-refractivity contribution in [3.05, 3.63) is 23.0 Å². The molecule has 1 aromatic heterocycles. The number of hydrogen-bond acceptors (Lipinski definition) is 2. The van der Waals surface area contributed by atoms with E-state index in [-0.39, 0.29) is 5.78 Å². The molecule has 0 amide bonds. The van der Waals surface area contributed by atoms with Gasteiger partial charge < -0.3 is 0 Å². The van der Waals surface area contributed by atoms with Gasteiger partial charge in [-0.25, -0.2) is 0 Å². The van der Waals surface area contributed by atoms with Gasteiger partial charge in [0.2, 0.25) is 0 Å². The lowest BCUT2D eigenvalue weighted by atomic mass is 9.92. The number of nitrogens with zero attached hydrogens (tertiary/aromatic N) is 1. The Balaban J connectivity index is 2.44. The zero-order valence-electron chi connectivity index (χ0n) is 8.55. The maximum Gasteiger partial charge on any atom is 0.155 e. The second kappa shape index (κ2) is 3.40. The molecular weight excluding hydrogens is 176 g/mol. The van der Waals surface area contributed by atoms with E-state index in [1.54, 1.807) is 6.08 Å². The first-order chi connectivity index (χ1) is 6.68. The number of ketones is 1. The first kappa shape index (κ1) is 9.19. The fourth-order valence-corrected chi connectivity index (χ4v) is 2.01. The number of hydrogen-bond donors (Lipinski definition) is 1. The van der Waals surface area contributed by atoms with Gasteiger partial charge in [0.25, 0.3) is 0 Å². The number of aromatic amines is 1. The Bertz CT molecular complexity index is 382. The van der Waals surface area contributed by atoms with Gasteiger partial charge >= 0.3 is 0 Å². The van der Waals surface area contributed by atoms with E-state index in [1.165, 1.54) is 0 Å². The van der Waals surface area contributed by atoms with Gasteiger partial charge in [-0.3, -0.25) is 9.89 Å². The SMILES string of the molecule is Cc1n[nH]c(C)c1C1=CC(=O)CCC1. The summed E-state index contributed by atoms with van der Waals surface area (Å²) in [6, 6.07) is 0. The van der Waals surface area contributed by atoms with Crippen molar-refractivity contribution in [2.24, 2.45) is 0 Å². The molecule has 1 N–H and O–H groups in total. The van der Waals surface area contributed by atoms with E-state index in [0.29, 0.717) is 6.42 Å². The van der Waals surface area contributed by atoms with Crippen molar-refractivity contribution >= 4 is 11.4 Å². The van der Waals surface area contributed by atoms with Crippen LogP contribution >= 0.6 is 0 Å². The van der Waals surface area contributed by atoms with Crippen LogP contribution in [0.5, 0.6) is 0 Å². The Labute approximate surface area is 83.2 Å². The Morgan fingerprint density at radius 1 is 1.36 bits per heavy atom. The van der Waals surface area contributed by atoms with E-state index in [4.69, 9.17) is 0 Å². The molecule has 1 aliphatic rings. The van der Waals surface area contributed by atoms with Crippen molar-refractivity contribution in [3.63, 3.8) is 0 Å². The van der Waals surface area contributed by atoms with E-state index < -0.39 is 0 Å². The molecule has 0 radical (unpaired) electrons. The van der Waals surface area contributed by atoms with Crippen molar-refractivity contribution < 1.29 is 4.79 Å². The highest BCUT2D eigenvalue weighted by Crippen LogP contribution is 2.28. The summed E-state index contributed by atoms with van der Waals surface area (Å²) in [5.74, 6) is 0.242. The largest absolute Gasteiger partial charge is 0.295 e. The van der Waals surface area contributed by atoms with E-state index in [1.807, 2.05) is 13.8 Å². The standard InChI is InChI=1S/C11H14N2O/c1-7-11(8(2)13-12-7)9-4-3-5-10(14)6-9/h6H,3-5H2,1-2H3,(H,12,13). The fraction of sp³-hybridized carbons (Fsp3) is 0.455. The summed E-state index contributed by atoms with van der Waals surface area (Å²) in [7, 11) is 0. The third-order valence-corrected chi connectivity index (χ3v) is 2.65. The monoisotopic (exact) mass is 190 g/mol. The predicted molar refractivity (Wildman–Crippen MR) is 54.9 cm³/mol. The summed E-state index contributed by atoms with van der Waals surface area (Å²) in [4.78, 5) is 11.3. The molecule has 0 saturated heterocycles. The van der Waals surface area contributed by atoms with Gasteiger partial charge in [0.05, 0.1) is 5.69 Å². The highest BCUT2D eigenvalue weighted by molar-refractivity contribution is 5.98. The van der Waals surface area contributed by atoms with Crippen LogP contribution in [0.2, 0.25) is 0 Å². The molecule has 1 heterocycles. The summed E-state index contributed by atoms with van der Waals surface area (Å²) in [6.45, 7) is 3.97.